The summed E-state index contributed by atoms with van der Waals surface area (Å²) in [5, 5.41) is 37.4. The Morgan fingerprint density at radius 3 is 2.47 bits per heavy atom. The number of hydrogen-bond donors (Lipinski definition) is 3. The predicted octanol–water partition coefficient (Wildman–Crippen LogP) is 3.28. The number of aromatic nitrogens is 1. The van der Waals surface area contributed by atoms with Crippen LogP contribution in [0.25, 0.3) is 0 Å². The summed E-state index contributed by atoms with van der Waals surface area (Å²) >= 11 is 6.03. The fourth-order valence-corrected chi connectivity index (χ4v) is 4.05. The highest BCUT2D eigenvalue weighted by Crippen LogP contribution is 2.34. The van der Waals surface area contributed by atoms with E-state index in [1.54, 1.807) is 12.3 Å². The van der Waals surface area contributed by atoms with E-state index in [2.05, 4.69) is 16.0 Å². The van der Waals surface area contributed by atoms with Crippen LogP contribution in [0.4, 0.5) is 5.69 Å². The second-order valence-electron chi connectivity index (χ2n) is 8.31. The molecule has 2 aromatic carbocycles. The minimum absolute atomic E-state index is 0.00300. The fraction of sp³-hybridized carbons (Fsp3) is 0.333. The van der Waals surface area contributed by atoms with Crippen LogP contribution in [0.2, 0.25) is 5.02 Å². The molecule has 1 saturated heterocycles. The van der Waals surface area contributed by atoms with Gasteiger partial charge in [0.15, 0.2) is 0 Å². The predicted molar refractivity (Wildman–Crippen MR) is 139 cm³/mol. The molecule has 1 aromatic heterocycles. The van der Waals surface area contributed by atoms with Gasteiger partial charge in [-0.15, -0.1) is 0 Å². The number of anilines is 1. The van der Waals surface area contributed by atoms with Crippen LogP contribution in [0.15, 0.2) is 60.8 Å². The highest BCUT2D eigenvalue weighted by Gasteiger charge is 2.29. The number of nitriles is 1. The number of halogens is 1. The molecular weight excluding hydrogens is 480 g/mol. The quantitative estimate of drug-likeness (QED) is 0.444. The molecule has 2 heterocycles. The van der Waals surface area contributed by atoms with Crippen molar-refractivity contribution < 1.29 is 20.1 Å². The summed E-state index contributed by atoms with van der Waals surface area (Å²) in [6, 6.07) is 19.0. The van der Waals surface area contributed by atoms with Crippen molar-refractivity contribution in [1.29, 1.82) is 5.26 Å². The van der Waals surface area contributed by atoms with Crippen molar-refractivity contribution >= 4 is 17.3 Å². The maximum Gasteiger partial charge on any atom is 0.120 e. The van der Waals surface area contributed by atoms with Crippen molar-refractivity contribution in [3.05, 3.63) is 88.2 Å². The molecule has 0 spiro atoms. The SMILES string of the molecule is Cc1ccc(CO)cn1.N#Cc1cc(OCCO)ccc1N1CCN(CO)C[C@H]1c1ccc(Cl)cc1. The number of hydrogen-bond acceptors (Lipinski definition) is 8. The standard InChI is InChI=1S/C20H22ClN3O3.C7H9NO/c21-17-3-1-15(2-4-17)20-13-23(14-26)7-8-24(20)19-6-5-18(27-10-9-25)11-16(19)12-22;1-6-2-3-7(5-9)4-8-6/h1-6,11,20,25-26H,7-10,13-14H2;2-4,9H,5H2,1H3/t20-;/m0./s1. The first-order valence-electron chi connectivity index (χ1n) is 11.6. The number of nitrogens with zero attached hydrogens (tertiary/aromatic N) is 4. The molecular formula is C27H31ClN4O4. The summed E-state index contributed by atoms with van der Waals surface area (Å²) in [6.45, 7) is 4.13. The third kappa shape index (κ3) is 7.40. The zero-order chi connectivity index (χ0) is 25.9. The molecule has 0 amide bonds. The van der Waals surface area contributed by atoms with E-state index in [-0.39, 0.29) is 32.6 Å². The summed E-state index contributed by atoms with van der Waals surface area (Å²) < 4.78 is 5.42. The van der Waals surface area contributed by atoms with Gasteiger partial charge in [-0.3, -0.25) is 9.88 Å². The van der Waals surface area contributed by atoms with E-state index in [9.17, 15) is 10.4 Å². The number of aliphatic hydroxyl groups is 3. The normalized spacial score (nSPS) is 15.6. The molecule has 0 unspecified atom stereocenters. The van der Waals surface area contributed by atoms with Gasteiger partial charge in [0, 0.05) is 36.5 Å². The monoisotopic (exact) mass is 510 g/mol. The molecule has 190 valence electrons. The van der Waals surface area contributed by atoms with E-state index in [0.717, 1.165) is 22.5 Å². The number of ether oxygens (including phenoxy) is 1. The van der Waals surface area contributed by atoms with E-state index in [0.29, 0.717) is 36.0 Å². The Hall–Kier alpha value is -3.19. The van der Waals surface area contributed by atoms with Crippen molar-refractivity contribution in [3.63, 3.8) is 0 Å². The van der Waals surface area contributed by atoms with Crippen LogP contribution in [0.3, 0.4) is 0 Å². The summed E-state index contributed by atoms with van der Waals surface area (Å²) in [6.07, 6.45) is 1.68. The van der Waals surface area contributed by atoms with E-state index in [4.69, 9.17) is 26.6 Å². The molecule has 9 heteroatoms. The van der Waals surface area contributed by atoms with E-state index >= 15 is 0 Å². The Labute approximate surface area is 216 Å². The van der Waals surface area contributed by atoms with Crippen LogP contribution in [0.1, 0.15) is 28.4 Å². The van der Waals surface area contributed by atoms with Crippen LogP contribution < -0.4 is 9.64 Å². The topological polar surface area (TPSA) is 113 Å². The van der Waals surface area contributed by atoms with Gasteiger partial charge in [-0.05, 0) is 54.4 Å². The number of rotatable bonds is 7. The van der Waals surface area contributed by atoms with Crippen molar-refractivity contribution in [2.75, 3.05) is 44.5 Å². The fourth-order valence-electron chi connectivity index (χ4n) is 3.93. The molecule has 0 saturated carbocycles. The van der Waals surface area contributed by atoms with Crippen molar-refractivity contribution in [3.8, 4) is 11.8 Å². The molecule has 1 aliphatic rings. The lowest BCUT2D eigenvalue weighted by atomic mass is 10.00. The van der Waals surface area contributed by atoms with Gasteiger partial charge in [-0.1, -0.05) is 29.8 Å². The van der Waals surface area contributed by atoms with Gasteiger partial charge in [0.1, 0.15) is 18.4 Å². The lowest BCUT2D eigenvalue weighted by Crippen LogP contribution is -2.49. The van der Waals surface area contributed by atoms with E-state index in [1.807, 2.05) is 60.4 Å². The zero-order valence-corrected chi connectivity index (χ0v) is 21.0. The number of aryl methyl sites for hydroxylation is 1. The van der Waals surface area contributed by atoms with Crippen LogP contribution in [0, 0.1) is 18.3 Å². The Kier molecular flexibility index (Phi) is 10.5. The average molecular weight is 511 g/mol. The van der Waals surface area contributed by atoms with Gasteiger partial charge in [-0.2, -0.15) is 5.26 Å². The number of benzene rings is 2. The molecule has 3 aromatic rings. The maximum atomic E-state index is 9.64. The minimum atomic E-state index is -0.0780. The van der Waals surface area contributed by atoms with Crippen molar-refractivity contribution in [2.24, 2.45) is 0 Å². The van der Waals surface area contributed by atoms with E-state index in [1.165, 1.54) is 0 Å². The molecule has 0 aliphatic carbocycles. The van der Waals surface area contributed by atoms with Crippen LogP contribution in [-0.2, 0) is 6.61 Å². The van der Waals surface area contributed by atoms with Crippen molar-refractivity contribution in [1.82, 2.24) is 9.88 Å². The van der Waals surface area contributed by atoms with Gasteiger partial charge in [0.2, 0.25) is 0 Å². The number of piperazine rings is 1. The lowest BCUT2D eigenvalue weighted by molar-refractivity contribution is 0.0883. The Balaban J connectivity index is 0.000000338. The maximum absolute atomic E-state index is 9.64. The first-order chi connectivity index (χ1) is 17.5. The number of pyridine rings is 1. The Morgan fingerprint density at radius 2 is 1.86 bits per heavy atom. The summed E-state index contributed by atoms with van der Waals surface area (Å²) in [5.74, 6) is 0.557. The molecule has 1 fully saturated rings. The molecule has 0 radical (unpaired) electrons. The summed E-state index contributed by atoms with van der Waals surface area (Å²) in [4.78, 5) is 8.15. The molecule has 3 N–H and O–H groups in total. The summed E-state index contributed by atoms with van der Waals surface area (Å²) in [7, 11) is 0. The highest BCUT2D eigenvalue weighted by molar-refractivity contribution is 6.30. The average Bonchev–Trinajstić information content (AvgIpc) is 2.92. The third-order valence-corrected chi connectivity index (χ3v) is 6.08. The third-order valence-electron chi connectivity index (χ3n) is 5.83. The van der Waals surface area contributed by atoms with Gasteiger partial charge in [-0.25, -0.2) is 0 Å². The summed E-state index contributed by atoms with van der Waals surface area (Å²) in [5.41, 5.74) is 4.25. The molecule has 0 bridgehead atoms. The van der Waals surface area contributed by atoms with Gasteiger partial charge >= 0.3 is 0 Å². The zero-order valence-electron chi connectivity index (χ0n) is 20.2. The molecule has 1 atom stereocenters. The first kappa shape index (κ1) is 27.4. The Bertz CT molecular complexity index is 1140. The van der Waals surface area contributed by atoms with Gasteiger partial charge < -0.3 is 25.0 Å². The molecule has 36 heavy (non-hydrogen) atoms. The number of aliphatic hydroxyl groups excluding tert-OH is 3. The lowest BCUT2D eigenvalue weighted by Gasteiger charge is -2.42. The minimum Gasteiger partial charge on any atom is -0.491 e. The molecule has 4 rings (SSSR count). The van der Waals surface area contributed by atoms with Gasteiger partial charge in [0.25, 0.3) is 0 Å². The molecule has 8 nitrogen and oxygen atoms in total. The largest absolute Gasteiger partial charge is 0.491 e. The van der Waals surface area contributed by atoms with Crippen LogP contribution in [-0.4, -0.2) is 64.8 Å². The van der Waals surface area contributed by atoms with Crippen LogP contribution in [0.5, 0.6) is 5.75 Å². The van der Waals surface area contributed by atoms with Gasteiger partial charge in [0.05, 0.1) is 37.2 Å². The second kappa shape index (κ2) is 13.8. The van der Waals surface area contributed by atoms with Crippen molar-refractivity contribution in [2.45, 2.75) is 19.6 Å². The smallest absolute Gasteiger partial charge is 0.120 e. The first-order valence-corrected chi connectivity index (χ1v) is 12.0. The van der Waals surface area contributed by atoms with Crippen LogP contribution >= 0.6 is 11.6 Å². The highest BCUT2D eigenvalue weighted by atomic mass is 35.5. The molecule has 1 aliphatic heterocycles. The Morgan fingerprint density at radius 1 is 1.08 bits per heavy atom. The van der Waals surface area contributed by atoms with E-state index < -0.39 is 0 Å². The second-order valence-corrected chi connectivity index (χ2v) is 8.74.